The molecular weight excluding hydrogens is 262 g/mol. The average Bonchev–Trinajstić information content (AvgIpc) is 2.88. The number of hydrogen-bond acceptors (Lipinski definition) is 3. The molecule has 0 amide bonds. The number of rotatable bonds is 6. The van der Waals surface area contributed by atoms with E-state index in [9.17, 15) is 0 Å². The van der Waals surface area contributed by atoms with Gasteiger partial charge < -0.3 is 5.73 Å². The summed E-state index contributed by atoms with van der Waals surface area (Å²) in [5, 5.41) is 8.94. The molecule has 0 fully saturated rings. The molecule has 5 heteroatoms. The topological polar surface area (TPSA) is 61.7 Å². The van der Waals surface area contributed by atoms with Crippen LogP contribution in [-0.2, 0) is 26.4 Å². The van der Waals surface area contributed by atoms with Crippen molar-refractivity contribution in [2.24, 2.45) is 12.8 Å². The van der Waals surface area contributed by atoms with Gasteiger partial charge in [0.1, 0.15) is 0 Å². The smallest absolute Gasteiger partial charge is 0.0628 e. The lowest BCUT2D eigenvalue weighted by Gasteiger charge is -2.12. The molecule has 0 aliphatic rings. The zero-order valence-electron chi connectivity index (χ0n) is 13.8. The Morgan fingerprint density at radius 2 is 1.95 bits per heavy atom. The Labute approximate surface area is 127 Å². The fourth-order valence-corrected chi connectivity index (χ4v) is 2.92. The standard InChI is InChI=1S/C16H27N5/c1-6-21-15(9-11(2)18-21)10-14(17)7-8-16-12(3)19-20(5)13(16)4/h9,14H,6-8,10,17H2,1-5H3. The van der Waals surface area contributed by atoms with Gasteiger partial charge in [0.2, 0.25) is 0 Å². The van der Waals surface area contributed by atoms with E-state index in [1.165, 1.54) is 17.0 Å². The summed E-state index contributed by atoms with van der Waals surface area (Å²) in [4.78, 5) is 0. The van der Waals surface area contributed by atoms with Gasteiger partial charge in [-0.2, -0.15) is 10.2 Å². The van der Waals surface area contributed by atoms with Gasteiger partial charge in [0.05, 0.1) is 11.4 Å². The van der Waals surface area contributed by atoms with Crippen LogP contribution >= 0.6 is 0 Å². The Kier molecular flexibility index (Phi) is 4.83. The van der Waals surface area contributed by atoms with Crippen LogP contribution in [0.2, 0.25) is 0 Å². The highest BCUT2D eigenvalue weighted by molar-refractivity contribution is 5.24. The third-order valence-corrected chi connectivity index (χ3v) is 4.18. The molecule has 5 nitrogen and oxygen atoms in total. The molecule has 2 heterocycles. The lowest BCUT2D eigenvalue weighted by Crippen LogP contribution is -2.25. The van der Waals surface area contributed by atoms with Gasteiger partial charge in [-0.1, -0.05) is 0 Å². The van der Waals surface area contributed by atoms with Crippen LogP contribution in [0.1, 0.15) is 41.7 Å². The molecule has 0 aliphatic heterocycles. The zero-order valence-corrected chi connectivity index (χ0v) is 13.8. The van der Waals surface area contributed by atoms with Crippen molar-refractivity contribution in [3.8, 4) is 0 Å². The maximum Gasteiger partial charge on any atom is 0.0628 e. The second-order valence-electron chi connectivity index (χ2n) is 5.87. The highest BCUT2D eigenvalue weighted by Crippen LogP contribution is 2.16. The summed E-state index contributed by atoms with van der Waals surface area (Å²) < 4.78 is 4.00. The maximum absolute atomic E-state index is 6.33. The lowest BCUT2D eigenvalue weighted by molar-refractivity contribution is 0.553. The van der Waals surface area contributed by atoms with Crippen LogP contribution < -0.4 is 5.73 Å². The maximum atomic E-state index is 6.33. The van der Waals surface area contributed by atoms with Gasteiger partial charge in [-0.05, 0) is 52.2 Å². The Balaban J connectivity index is 1.97. The minimum absolute atomic E-state index is 0.158. The first kappa shape index (κ1) is 15.8. The SMILES string of the molecule is CCn1nc(C)cc1CC(N)CCc1c(C)nn(C)c1C. The van der Waals surface area contributed by atoms with E-state index in [4.69, 9.17) is 5.73 Å². The molecule has 2 N–H and O–H groups in total. The van der Waals surface area contributed by atoms with Crippen molar-refractivity contribution in [1.29, 1.82) is 0 Å². The first-order valence-corrected chi connectivity index (χ1v) is 7.70. The van der Waals surface area contributed by atoms with E-state index < -0.39 is 0 Å². The van der Waals surface area contributed by atoms with Gasteiger partial charge in [-0.15, -0.1) is 0 Å². The summed E-state index contributed by atoms with van der Waals surface area (Å²) in [7, 11) is 1.99. The molecule has 1 atom stereocenters. The average molecular weight is 289 g/mol. The summed E-state index contributed by atoms with van der Waals surface area (Å²) in [6, 6.07) is 2.30. The van der Waals surface area contributed by atoms with Crippen molar-refractivity contribution >= 4 is 0 Å². The Morgan fingerprint density at radius 3 is 2.52 bits per heavy atom. The van der Waals surface area contributed by atoms with E-state index in [2.05, 4.69) is 41.7 Å². The van der Waals surface area contributed by atoms with Crippen molar-refractivity contribution < 1.29 is 0 Å². The number of nitrogens with zero attached hydrogens (tertiary/aromatic N) is 4. The monoisotopic (exact) mass is 289 g/mol. The minimum atomic E-state index is 0.158. The van der Waals surface area contributed by atoms with Crippen molar-refractivity contribution in [2.75, 3.05) is 0 Å². The number of nitrogens with two attached hydrogens (primary N) is 1. The third-order valence-electron chi connectivity index (χ3n) is 4.18. The molecule has 0 radical (unpaired) electrons. The number of aromatic nitrogens is 4. The number of hydrogen-bond donors (Lipinski definition) is 1. The number of aryl methyl sites for hydroxylation is 4. The summed E-state index contributed by atoms with van der Waals surface area (Å²) in [6.07, 6.45) is 2.85. The van der Waals surface area contributed by atoms with E-state index in [0.717, 1.165) is 37.2 Å². The second-order valence-corrected chi connectivity index (χ2v) is 5.87. The molecule has 2 aromatic heterocycles. The minimum Gasteiger partial charge on any atom is -0.327 e. The summed E-state index contributed by atoms with van der Waals surface area (Å²) in [5.74, 6) is 0. The summed E-state index contributed by atoms with van der Waals surface area (Å²) in [5.41, 5.74) is 12.3. The van der Waals surface area contributed by atoms with Gasteiger partial charge in [0, 0.05) is 37.4 Å². The van der Waals surface area contributed by atoms with Crippen LogP contribution in [-0.4, -0.2) is 25.6 Å². The molecule has 0 saturated heterocycles. The molecule has 2 aromatic rings. The molecule has 0 spiro atoms. The molecule has 21 heavy (non-hydrogen) atoms. The quantitative estimate of drug-likeness (QED) is 0.885. The fourth-order valence-electron chi connectivity index (χ4n) is 2.92. The molecule has 0 aromatic carbocycles. The Hall–Kier alpha value is -1.62. The van der Waals surface area contributed by atoms with Crippen molar-refractivity contribution in [2.45, 2.75) is 59.5 Å². The van der Waals surface area contributed by atoms with Crippen LogP contribution in [0.15, 0.2) is 6.07 Å². The molecule has 0 bridgehead atoms. The van der Waals surface area contributed by atoms with Crippen molar-refractivity contribution in [3.05, 3.63) is 34.4 Å². The largest absolute Gasteiger partial charge is 0.327 e. The third kappa shape index (κ3) is 3.53. The molecule has 0 aliphatic carbocycles. The van der Waals surface area contributed by atoms with Crippen molar-refractivity contribution in [1.82, 2.24) is 19.6 Å². The van der Waals surface area contributed by atoms with Crippen LogP contribution in [0, 0.1) is 20.8 Å². The Bertz CT molecular complexity index is 608. The van der Waals surface area contributed by atoms with Gasteiger partial charge in [-0.3, -0.25) is 9.36 Å². The van der Waals surface area contributed by atoms with Crippen LogP contribution in [0.25, 0.3) is 0 Å². The predicted molar refractivity (Wildman–Crippen MR) is 85.3 cm³/mol. The van der Waals surface area contributed by atoms with Crippen LogP contribution in [0.3, 0.4) is 0 Å². The van der Waals surface area contributed by atoms with E-state index in [1.54, 1.807) is 0 Å². The van der Waals surface area contributed by atoms with E-state index in [0.29, 0.717) is 0 Å². The van der Waals surface area contributed by atoms with E-state index in [1.807, 2.05) is 18.7 Å². The zero-order chi connectivity index (χ0) is 15.6. The molecule has 116 valence electrons. The second kappa shape index (κ2) is 6.43. The summed E-state index contributed by atoms with van der Waals surface area (Å²) >= 11 is 0. The molecule has 1 unspecified atom stereocenters. The predicted octanol–water partition coefficient (Wildman–Crippen LogP) is 2.06. The molecule has 2 rings (SSSR count). The van der Waals surface area contributed by atoms with Gasteiger partial charge in [0.15, 0.2) is 0 Å². The first-order chi connectivity index (χ1) is 9.92. The first-order valence-electron chi connectivity index (χ1n) is 7.70. The highest BCUT2D eigenvalue weighted by atomic mass is 15.3. The van der Waals surface area contributed by atoms with Gasteiger partial charge >= 0.3 is 0 Å². The molecular formula is C16H27N5. The molecule has 0 saturated carbocycles. The van der Waals surface area contributed by atoms with E-state index >= 15 is 0 Å². The van der Waals surface area contributed by atoms with Gasteiger partial charge in [0.25, 0.3) is 0 Å². The van der Waals surface area contributed by atoms with Crippen molar-refractivity contribution in [3.63, 3.8) is 0 Å². The normalized spacial score (nSPS) is 12.9. The van der Waals surface area contributed by atoms with E-state index in [-0.39, 0.29) is 6.04 Å². The van der Waals surface area contributed by atoms with Crippen LogP contribution in [0.4, 0.5) is 0 Å². The van der Waals surface area contributed by atoms with Gasteiger partial charge in [-0.25, -0.2) is 0 Å². The highest BCUT2D eigenvalue weighted by Gasteiger charge is 2.13. The lowest BCUT2D eigenvalue weighted by atomic mass is 10.0. The fraction of sp³-hybridized carbons (Fsp3) is 0.625. The van der Waals surface area contributed by atoms with Crippen LogP contribution in [0.5, 0.6) is 0 Å². The summed E-state index contributed by atoms with van der Waals surface area (Å²) in [6.45, 7) is 9.24. The Morgan fingerprint density at radius 1 is 1.24 bits per heavy atom.